The minimum Gasteiger partial charge on any atom is -0.394 e. The van der Waals surface area contributed by atoms with Crippen molar-refractivity contribution in [3.05, 3.63) is 0 Å². The van der Waals surface area contributed by atoms with Gasteiger partial charge in [-0.1, -0.05) is 40.0 Å². The maximum atomic E-state index is 9.72. The molecule has 0 aromatic heterocycles. The largest absolute Gasteiger partial charge is 0.394 e. The second-order valence-electron chi connectivity index (χ2n) is 6.84. The smallest absolute Gasteiger partial charge is 0.0776 e. The van der Waals surface area contributed by atoms with Crippen LogP contribution in [0.4, 0.5) is 0 Å². The normalized spacial score (nSPS) is 23.1. The van der Waals surface area contributed by atoms with Crippen molar-refractivity contribution in [3.63, 3.8) is 0 Å². The van der Waals surface area contributed by atoms with Gasteiger partial charge in [0, 0.05) is 0 Å². The number of aliphatic hydroxyl groups is 2. The number of hydrogen-bond donors (Lipinski definition) is 2. The van der Waals surface area contributed by atoms with Gasteiger partial charge >= 0.3 is 0 Å². The van der Waals surface area contributed by atoms with Gasteiger partial charge in [-0.3, -0.25) is 0 Å². The van der Waals surface area contributed by atoms with E-state index in [4.69, 9.17) is 5.11 Å². The zero-order chi connectivity index (χ0) is 12.2. The highest BCUT2D eigenvalue weighted by Crippen LogP contribution is 2.47. The highest BCUT2D eigenvalue weighted by molar-refractivity contribution is 4.88. The zero-order valence-electron chi connectivity index (χ0n) is 11.1. The summed E-state index contributed by atoms with van der Waals surface area (Å²) >= 11 is 0. The van der Waals surface area contributed by atoms with Gasteiger partial charge in [0.05, 0.1) is 12.7 Å². The summed E-state index contributed by atoms with van der Waals surface area (Å²) < 4.78 is 0. The van der Waals surface area contributed by atoms with Gasteiger partial charge in [-0.15, -0.1) is 0 Å². The van der Waals surface area contributed by atoms with Crippen molar-refractivity contribution < 1.29 is 10.2 Å². The molecule has 0 aliphatic heterocycles. The predicted octanol–water partition coefficient (Wildman–Crippen LogP) is 3.12. The Hall–Kier alpha value is -0.0800. The topological polar surface area (TPSA) is 40.5 Å². The van der Waals surface area contributed by atoms with E-state index < -0.39 is 6.10 Å². The molecule has 1 aliphatic carbocycles. The summed E-state index contributed by atoms with van der Waals surface area (Å²) in [7, 11) is 0. The Morgan fingerprint density at radius 3 is 2.12 bits per heavy atom. The summed E-state index contributed by atoms with van der Waals surface area (Å²) in [6.07, 6.45) is 7.77. The molecule has 96 valence electrons. The van der Waals surface area contributed by atoms with Gasteiger partial charge in [-0.05, 0) is 36.5 Å². The van der Waals surface area contributed by atoms with E-state index in [2.05, 4.69) is 20.8 Å². The van der Waals surface area contributed by atoms with Crippen molar-refractivity contribution in [3.8, 4) is 0 Å². The Labute approximate surface area is 100 Å². The maximum absolute atomic E-state index is 9.72. The summed E-state index contributed by atoms with van der Waals surface area (Å²) in [4.78, 5) is 0. The van der Waals surface area contributed by atoms with Gasteiger partial charge in [-0.25, -0.2) is 0 Å². The van der Waals surface area contributed by atoms with Crippen LogP contribution in [0.3, 0.4) is 0 Å². The molecule has 1 rings (SSSR count). The first kappa shape index (κ1) is 14.0. The highest BCUT2D eigenvalue weighted by Gasteiger charge is 2.37. The van der Waals surface area contributed by atoms with Crippen molar-refractivity contribution in [1.29, 1.82) is 0 Å². The van der Waals surface area contributed by atoms with E-state index in [1.807, 2.05) is 0 Å². The second-order valence-corrected chi connectivity index (χ2v) is 6.84. The molecule has 0 radical (unpaired) electrons. The average Bonchev–Trinajstić information content (AvgIpc) is 2.15. The Morgan fingerprint density at radius 1 is 1.12 bits per heavy atom. The molecule has 0 aromatic rings. The van der Waals surface area contributed by atoms with Crippen LogP contribution in [0, 0.1) is 10.8 Å². The first-order valence-electron chi connectivity index (χ1n) is 6.66. The Bertz CT molecular complexity index is 199. The molecule has 1 atom stereocenters. The fourth-order valence-electron chi connectivity index (χ4n) is 3.44. The van der Waals surface area contributed by atoms with Gasteiger partial charge in [0.25, 0.3) is 0 Å². The van der Waals surface area contributed by atoms with Crippen LogP contribution in [0.5, 0.6) is 0 Å². The van der Waals surface area contributed by atoms with E-state index in [1.165, 1.54) is 32.1 Å². The minimum absolute atomic E-state index is 0.0914. The lowest BCUT2D eigenvalue weighted by Crippen LogP contribution is -2.34. The Kier molecular flexibility index (Phi) is 4.81. The third-order valence-electron chi connectivity index (χ3n) is 3.70. The van der Waals surface area contributed by atoms with E-state index in [0.29, 0.717) is 5.41 Å². The third kappa shape index (κ3) is 4.42. The van der Waals surface area contributed by atoms with Gasteiger partial charge in [0.2, 0.25) is 0 Å². The van der Waals surface area contributed by atoms with Crippen LogP contribution in [0.25, 0.3) is 0 Å². The summed E-state index contributed by atoms with van der Waals surface area (Å²) in [5.41, 5.74) is 0.588. The molecule has 1 unspecified atom stereocenters. The summed E-state index contributed by atoms with van der Waals surface area (Å²) in [6.45, 7) is 6.73. The quantitative estimate of drug-likeness (QED) is 0.776. The zero-order valence-corrected chi connectivity index (χ0v) is 11.1. The number of aliphatic hydroxyl groups excluding tert-OH is 2. The molecule has 1 aliphatic rings. The fourth-order valence-corrected chi connectivity index (χ4v) is 3.44. The molecule has 0 spiro atoms. The lowest BCUT2D eigenvalue weighted by atomic mass is 9.63. The second kappa shape index (κ2) is 5.50. The van der Waals surface area contributed by atoms with Crippen molar-refractivity contribution >= 4 is 0 Å². The van der Waals surface area contributed by atoms with Crippen LogP contribution in [0.1, 0.15) is 65.7 Å². The standard InChI is InChI=1S/C14H28O2/c1-13(2,3)11-14(9-12(16)10-15)7-5-4-6-8-14/h12,15-16H,4-11H2,1-3H3. The summed E-state index contributed by atoms with van der Waals surface area (Å²) in [5, 5.41) is 18.8. The maximum Gasteiger partial charge on any atom is 0.0776 e. The minimum atomic E-state index is -0.527. The van der Waals surface area contributed by atoms with Crippen LogP contribution in [-0.4, -0.2) is 22.9 Å². The molecule has 0 bridgehead atoms. The van der Waals surface area contributed by atoms with Gasteiger partial charge in [0.1, 0.15) is 0 Å². The van der Waals surface area contributed by atoms with Crippen LogP contribution in [-0.2, 0) is 0 Å². The SMILES string of the molecule is CC(C)(C)CC1(CC(O)CO)CCCCC1. The van der Waals surface area contributed by atoms with Gasteiger partial charge < -0.3 is 10.2 Å². The molecule has 1 fully saturated rings. The van der Waals surface area contributed by atoms with Crippen LogP contribution in [0.15, 0.2) is 0 Å². The van der Waals surface area contributed by atoms with E-state index in [9.17, 15) is 5.11 Å². The third-order valence-corrected chi connectivity index (χ3v) is 3.70. The van der Waals surface area contributed by atoms with E-state index >= 15 is 0 Å². The van der Waals surface area contributed by atoms with E-state index in [0.717, 1.165) is 12.8 Å². The summed E-state index contributed by atoms with van der Waals surface area (Å²) in [6, 6.07) is 0. The molecule has 16 heavy (non-hydrogen) atoms. The highest BCUT2D eigenvalue weighted by atomic mass is 16.3. The molecule has 2 nitrogen and oxygen atoms in total. The lowest BCUT2D eigenvalue weighted by Gasteiger charge is -2.43. The molecule has 2 N–H and O–H groups in total. The Balaban J connectivity index is 2.67. The van der Waals surface area contributed by atoms with Crippen molar-refractivity contribution in [1.82, 2.24) is 0 Å². The first-order chi connectivity index (χ1) is 7.37. The van der Waals surface area contributed by atoms with Crippen molar-refractivity contribution in [2.24, 2.45) is 10.8 Å². The Morgan fingerprint density at radius 2 is 1.69 bits per heavy atom. The molecule has 0 saturated heterocycles. The van der Waals surface area contributed by atoms with Gasteiger partial charge in [-0.2, -0.15) is 0 Å². The van der Waals surface area contributed by atoms with Gasteiger partial charge in [0.15, 0.2) is 0 Å². The van der Waals surface area contributed by atoms with Crippen LogP contribution >= 0.6 is 0 Å². The molecular weight excluding hydrogens is 200 g/mol. The van der Waals surface area contributed by atoms with Crippen LogP contribution in [0.2, 0.25) is 0 Å². The molecule has 0 amide bonds. The number of rotatable bonds is 4. The molecule has 0 aromatic carbocycles. The lowest BCUT2D eigenvalue weighted by molar-refractivity contribution is 0.0111. The predicted molar refractivity (Wildman–Crippen MR) is 67.3 cm³/mol. The van der Waals surface area contributed by atoms with Crippen LogP contribution < -0.4 is 0 Å². The van der Waals surface area contributed by atoms with E-state index in [1.54, 1.807) is 0 Å². The van der Waals surface area contributed by atoms with Crippen molar-refractivity contribution in [2.45, 2.75) is 71.8 Å². The molecule has 1 saturated carbocycles. The molecule has 0 heterocycles. The fraction of sp³-hybridized carbons (Fsp3) is 1.00. The average molecular weight is 228 g/mol. The number of hydrogen-bond acceptors (Lipinski definition) is 2. The molecule has 2 heteroatoms. The monoisotopic (exact) mass is 228 g/mol. The first-order valence-corrected chi connectivity index (χ1v) is 6.66. The summed E-state index contributed by atoms with van der Waals surface area (Å²) in [5.74, 6) is 0. The van der Waals surface area contributed by atoms with Crippen molar-refractivity contribution in [2.75, 3.05) is 6.61 Å². The van der Waals surface area contributed by atoms with E-state index in [-0.39, 0.29) is 12.0 Å². The molecular formula is C14H28O2.